The van der Waals surface area contributed by atoms with E-state index in [-0.39, 0.29) is 5.91 Å². The molecular formula is C23H31N3OS. The third kappa shape index (κ3) is 6.36. The van der Waals surface area contributed by atoms with Crippen molar-refractivity contribution in [3.63, 3.8) is 0 Å². The van der Waals surface area contributed by atoms with E-state index in [9.17, 15) is 4.79 Å². The number of nitrogens with one attached hydrogen (secondary N) is 1. The first-order chi connectivity index (χ1) is 13.5. The van der Waals surface area contributed by atoms with Gasteiger partial charge in [-0.05, 0) is 42.4 Å². The van der Waals surface area contributed by atoms with Crippen LogP contribution in [0.1, 0.15) is 35.3 Å². The molecule has 1 amide bonds. The zero-order chi connectivity index (χ0) is 19.9. The normalized spacial score (nSPS) is 15.7. The van der Waals surface area contributed by atoms with E-state index < -0.39 is 0 Å². The smallest absolute Gasteiger partial charge is 0.251 e. The Bertz CT molecular complexity index is 768. The Balaban J connectivity index is 1.52. The number of piperazine rings is 1. The Morgan fingerprint density at radius 1 is 1.04 bits per heavy atom. The summed E-state index contributed by atoms with van der Waals surface area (Å²) < 4.78 is 0. The lowest BCUT2D eigenvalue weighted by atomic mass is 10.1. The number of nitrogens with zero attached hydrogens (tertiary/aromatic N) is 2. The number of hydrogen-bond acceptors (Lipinski definition) is 4. The molecule has 4 nitrogen and oxygen atoms in total. The lowest BCUT2D eigenvalue weighted by molar-refractivity contribution is 0.0951. The zero-order valence-electron chi connectivity index (χ0n) is 17.1. The van der Waals surface area contributed by atoms with Crippen LogP contribution in [0, 0.1) is 0 Å². The number of rotatable bonds is 7. The molecule has 0 bridgehead atoms. The minimum Gasteiger partial charge on any atom is -0.348 e. The number of amides is 1. The molecule has 0 radical (unpaired) electrons. The molecule has 1 saturated heterocycles. The Morgan fingerprint density at radius 2 is 1.71 bits per heavy atom. The van der Waals surface area contributed by atoms with Gasteiger partial charge in [0.1, 0.15) is 0 Å². The SMILES string of the molecule is CC(C)Sc1ccc(C(=O)NCc2cccc(CN3CCN(C)CC3)c2)cc1. The Morgan fingerprint density at radius 3 is 2.39 bits per heavy atom. The summed E-state index contributed by atoms with van der Waals surface area (Å²) in [6, 6.07) is 16.4. The summed E-state index contributed by atoms with van der Waals surface area (Å²) in [6.45, 7) is 10.4. The molecule has 0 atom stereocenters. The van der Waals surface area contributed by atoms with Crippen LogP contribution in [0.25, 0.3) is 0 Å². The molecule has 0 unspecified atom stereocenters. The first-order valence-electron chi connectivity index (χ1n) is 10.0. The summed E-state index contributed by atoms with van der Waals surface area (Å²) >= 11 is 1.81. The molecule has 0 aliphatic carbocycles. The van der Waals surface area contributed by atoms with E-state index in [4.69, 9.17) is 0 Å². The fraction of sp³-hybridized carbons (Fsp3) is 0.435. The number of carbonyl (C=O) groups excluding carboxylic acids is 1. The first kappa shape index (κ1) is 20.9. The summed E-state index contributed by atoms with van der Waals surface area (Å²) in [4.78, 5) is 18.5. The standard InChI is InChI=1S/C23H31N3OS/c1-18(2)28-22-9-7-21(8-10-22)23(27)24-16-19-5-4-6-20(15-19)17-26-13-11-25(3)12-14-26/h4-10,15,18H,11-14,16-17H2,1-3H3,(H,24,27). The Kier molecular flexibility index (Phi) is 7.54. The average Bonchev–Trinajstić information content (AvgIpc) is 2.68. The average molecular weight is 398 g/mol. The summed E-state index contributed by atoms with van der Waals surface area (Å²) in [5.74, 6) is -0.0226. The van der Waals surface area contributed by atoms with Crippen molar-refractivity contribution in [2.24, 2.45) is 0 Å². The van der Waals surface area contributed by atoms with Crippen molar-refractivity contribution in [1.82, 2.24) is 15.1 Å². The maximum atomic E-state index is 12.5. The lowest BCUT2D eigenvalue weighted by Crippen LogP contribution is -2.43. The van der Waals surface area contributed by atoms with Crippen molar-refractivity contribution in [2.45, 2.75) is 37.1 Å². The van der Waals surface area contributed by atoms with Crippen molar-refractivity contribution < 1.29 is 4.79 Å². The van der Waals surface area contributed by atoms with Crippen LogP contribution in [0.4, 0.5) is 0 Å². The van der Waals surface area contributed by atoms with E-state index in [0.717, 1.165) is 38.3 Å². The molecule has 2 aromatic rings. The number of benzene rings is 2. The van der Waals surface area contributed by atoms with Crippen LogP contribution < -0.4 is 5.32 Å². The van der Waals surface area contributed by atoms with Crippen LogP contribution in [0.2, 0.25) is 0 Å². The first-order valence-corrected chi connectivity index (χ1v) is 10.9. The molecule has 0 saturated carbocycles. The van der Waals surface area contributed by atoms with Gasteiger partial charge in [0.05, 0.1) is 0 Å². The minimum absolute atomic E-state index is 0.0226. The lowest BCUT2D eigenvalue weighted by Gasteiger charge is -2.32. The van der Waals surface area contributed by atoms with Crippen LogP contribution in [0.5, 0.6) is 0 Å². The van der Waals surface area contributed by atoms with Gasteiger partial charge in [-0.1, -0.05) is 38.1 Å². The van der Waals surface area contributed by atoms with Gasteiger partial charge in [-0.25, -0.2) is 0 Å². The molecule has 1 fully saturated rings. The molecule has 150 valence electrons. The molecule has 28 heavy (non-hydrogen) atoms. The van der Waals surface area contributed by atoms with Crippen LogP contribution in [-0.4, -0.2) is 54.2 Å². The largest absolute Gasteiger partial charge is 0.348 e. The summed E-state index contributed by atoms with van der Waals surface area (Å²) in [6.07, 6.45) is 0. The second-order valence-corrected chi connectivity index (χ2v) is 9.42. The van der Waals surface area contributed by atoms with Crippen molar-refractivity contribution >= 4 is 17.7 Å². The third-order valence-corrected chi connectivity index (χ3v) is 5.95. The van der Waals surface area contributed by atoms with E-state index in [1.54, 1.807) is 11.8 Å². The molecule has 0 aromatic heterocycles. The van der Waals surface area contributed by atoms with Gasteiger partial charge in [0.15, 0.2) is 0 Å². The highest BCUT2D eigenvalue weighted by Crippen LogP contribution is 2.22. The number of thioether (sulfide) groups is 1. The molecule has 1 N–H and O–H groups in total. The second kappa shape index (κ2) is 10.1. The van der Waals surface area contributed by atoms with Gasteiger partial charge in [-0.3, -0.25) is 9.69 Å². The van der Waals surface area contributed by atoms with Crippen LogP contribution in [0.3, 0.4) is 0 Å². The molecule has 3 rings (SSSR count). The van der Waals surface area contributed by atoms with E-state index in [1.165, 1.54) is 10.5 Å². The summed E-state index contributed by atoms with van der Waals surface area (Å²) in [7, 11) is 2.18. The van der Waals surface area contributed by atoms with Gasteiger partial charge >= 0.3 is 0 Å². The van der Waals surface area contributed by atoms with Crippen molar-refractivity contribution in [2.75, 3.05) is 33.2 Å². The Hall–Kier alpha value is -1.82. The highest BCUT2D eigenvalue weighted by molar-refractivity contribution is 7.99. The van der Waals surface area contributed by atoms with E-state index in [1.807, 2.05) is 24.3 Å². The molecule has 1 heterocycles. The van der Waals surface area contributed by atoms with Crippen LogP contribution in [0.15, 0.2) is 53.4 Å². The molecular weight excluding hydrogens is 366 g/mol. The van der Waals surface area contributed by atoms with Crippen LogP contribution in [-0.2, 0) is 13.1 Å². The summed E-state index contributed by atoms with van der Waals surface area (Å²) in [5.41, 5.74) is 3.17. The fourth-order valence-corrected chi connectivity index (χ4v) is 4.18. The van der Waals surface area contributed by atoms with Crippen LogP contribution >= 0.6 is 11.8 Å². The predicted molar refractivity (Wildman–Crippen MR) is 118 cm³/mol. The van der Waals surface area contributed by atoms with Gasteiger partial charge in [0, 0.05) is 55.0 Å². The zero-order valence-corrected chi connectivity index (χ0v) is 18.0. The Labute approximate surface area is 173 Å². The van der Waals surface area contributed by atoms with Crippen molar-refractivity contribution in [3.05, 3.63) is 65.2 Å². The quantitative estimate of drug-likeness (QED) is 0.720. The molecule has 5 heteroatoms. The van der Waals surface area contributed by atoms with E-state index >= 15 is 0 Å². The fourth-order valence-electron chi connectivity index (χ4n) is 3.34. The molecule has 1 aliphatic heterocycles. The van der Waals surface area contributed by atoms with E-state index in [0.29, 0.717) is 17.4 Å². The molecule has 0 spiro atoms. The van der Waals surface area contributed by atoms with Gasteiger partial charge < -0.3 is 10.2 Å². The summed E-state index contributed by atoms with van der Waals surface area (Å²) in [5, 5.41) is 3.59. The molecule has 1 aliphatic rings. The minimum atomic E-state index is -0.0226. The van der Waals surface area contributed by atoms with Gasteiger partial charge in [-0.2, -0.15) is 0 Å². The highest BCUT2D eigenvalue weighted by atomic mass is 32.2. The predicted octanol–water partition coefficient (Wildman–Crippen LogP) is 3.86. The maximum absolute atomic E-state index is 12.5. The van der Waals surface area contributed by atoms with Gasteiger partial charge in [0.2, 0.25) is 0 Å². The topological polar surface area (TPSA) is 35.6 Å². The molecule has 2 aromatic carbocycles. The monoisotopic (exact) mass is 397 g/mol. The number of carbonyl (C=O) groups is 1. The maximum Gasteiger partial charge on any atom is 0.251 e. The van der Waals surface area contributed by atoms with Crippen molar-refractivity contribution in [1.29, 1.82) is 0 Å². The second-order valence-electron chi connectivity index (χ2n) is 7.77. The third-order valence-electron chi connectivity index (χ3n) is 4.93. The highest BCUT2D eigenvalue weighted by Gasteiger charge is 2.14. The van der Waals surface area contributed by atoms with E-state index in [2.05, 4.69) is 60.3 Å². The number of likely N-dealkylation sites (N-methyl/N-ethyl adjacent to an activating group) is 1. The van der Waals surface area contributed by atoms with Crippen molar-refractivity contribution in [3.8, 4) is 0 Å². The van der Waals surface area contributed by atoms with Gasteiger partial charge in [-0.15, -0.1) is 11.8 Å². The number of hydrogen-bond donors (Lipinski definition) is 1. The van der Waals surface area contributed by atoms with Gasteiger partial charge in [0.25, 0.3) is 5.91 Å².